The third-order valence-corrected chi connectivity index (χ3v) is 11.7. The second-order valence-electron chi connectivity index (χ2n) is 11.9. The van der Waals surface area contributed by atoms with Crippen LogP contribution in [0.3, 0.4) is 0 Å². The average Bonchev–Trinajstić information content (AvgIpc) is 3.57. The van der Waals surface area contributed by atoms with Crippen LogP contribution in [-0.2, 0) is 12.4 Å². The summed E-state index contributed by atoms with van der Waals surface area (Å²) in [5.41, 5.74) is 1.04. The SMILES string of the molecule is FC(F)(F)c1cc2nc3c(nc2cc1C(F)(F)F)C1c2cc4c(cc2C3c2cc3sc5ccccc5c3cc21)sc1ccccc14. The lowest BCUT2D eigenvalue weighted by Crippen LogP contribution is -2.29. The molecule has 0 atom stereocenters. The number of nitrogens with zero attached hydrogens (tertiary/aromatic N) is 2. The summed E-state index contributed by atoms with van der Waals surface area (Å²) in [4.78, 5) is 9.45. The van der Waals surface area contributed by atoms with E-state index in [1.807, 2.05) is 24.3 Å². The second-order valence-corrected chi connectivity index (χ2v) is 14.1. The molecule has 0 spiro atoms. The predicted molar refractivity (Wildman–Crippen MR) is 170 cm³/mol. The molecule has 5 aromatic carbocycles. The van der Waals surface area contributed by atoms with E-state index in [0.717, 1.165) is 62.6 Å². The number of benzene rings is 5. The van der Waals surface area contributed by atoms with Gasteiger partial charge >= 0.3 is 12.4 Å². The van der Waals surface area contributed by atoms with Crippen molar-refractivity contribution in [3.8, 4) is 0 Å². The summed E-state index contributed by atoms with van der Waals surface area (Å²) in [5, 5.41) is 4.40. The molecule has 224 valence electrons. The molecule has 0 saturated carbocycles. The summed E-state index contributed by atoms with van der Waals surface area (Å²) < 4.78 is 88.0. The van der Waals surface area contributed by atoms with Crippen molar-refractivity contribution >= 4 is 74.1 Å². The summed E-state index contributed by atoms with van der Waals surface area (Å²) >= 11 is 3.35. The first-order valence-electron chi connectivity index (χ1n) is 14.4. The summed E-state index contributed by atoms with van der Waals surface area (Å²) in [6.07, 6.45) is -10.4. The zero-order valence-corrected chi connectivity index (χ0v) is 24.8. The van der Waals surface area contributed by atoms with Gasteiger partial charge in [0.15, 0.2) is 0 Å². The summed E-state index contributed by atoms with van der Waals surface area (Å²) in [5.74, 6) is -0.896. The van der Waals surface area contributed by atoms with Crippen LogP contribution in [-0.4, -0.2) is 9.97 Å². The molecule has 0 unspecified atom stereocenters. The van der Waals surface area contributed by atoms with Crippen LogP contribution in [0.5, 0.6) is 0 Å². The summed E-state index contributed by atoms with van der Waals surface area (Å²) in [6, 6.07) is 25.9. The van der Waals surface area contributed by atoms with Crippen LogP contribution < -0.4 is 0 Å². The number of fused-ring (bicyclic) bond motifs is 7. The quantitative estimate of drug-likeness (QED) is 0.152. The van der Waals surface area contributed by atoms with Gasteiger partial charge in [0, 0.05) is 40.3 Å². The first kappa shape index (κ1) is 26.7. The Balaban J connectivity index is 1.31. The zero-order chi connectivity index (χ0) is 31.3. The van der Waals surface area contributed by atoms with Gasteiger partial charge in [-0.25, -0.2) is 9.97 Å². The first-order chi connectivity index (χ1) is 22.0. The molecule has 0 fully saturated rings. The van der Waals surface area contributed by atoms with Crippen LogP contribution >= 0.6 is 22.7 Å². The van der Waals surface area contributed by atoms with Crippen LogP contribution in [0.25, 0.3) is 51.4 Å². The molecule has 11 rings (SSSR count). The molecule has 0 N–H and O–H groups in total. The Hall–Kier alpha value is -4.54. The monoisotopic (exact) mass is 654 g/mol. The maximum atomic E-state index is 13.9. The zero-order valence-electron chi connectivity index (χ0n) is 23.2. The van der Waals surface area contributed by atoms with E-state index in [9.17, 15) is 26.3 Å². The number of thiophene rings is 2. The lowest BCUT2D eigenvalue weighted by Gasteiger charge is -2.40. The topological polar surface area (TPSA) is 25.8 Å². The highest BCUT2D eigenvalue weighted by atomic mass is 32.1. The summed E-state index contributed by atoms with van der Waals surface area (Å²) in [6.45, 7) is 0. The molecule has 0 saturated heterocycles. The minimum atomic E-state index is -5.22. The molecule has 3 aromatic heterocycles. The van der Waals surface area contributed by atoms with E-state index in [1.165, 1.54) is 0 Å². The third-order valence-electron chi connectivity index (χ3n) is 9.43. The van der Waals surface area contributed by atoms with E-state index >= 15 is 0 Å². The van der Waals surface area contributed by atoms with Gasteiger partial charge in [0.25, 0.3) is 0 Å². The van der Waals surface area contributed by atoms with Crippen LogP contribution in [0.15, 0.2) is 84.9 Å². The number of halogens is 6. The maximum Gasteiger partial charge on any atom is 0.417 e. The maximum absolute atomic E-state index is 13.9. The first-order valence-corrected chi connectivity index (χ1v) is 16.1. The van der Waals surface area contributed by atoms with Gasteiger partial charge < -0.3 is 0 Å². The van der Waals surface area contributed by atoms with Gasteiger partial charge in [0.2, 0.25) is 0 Å². The van der Waals surface area contributed by atoms with Crippen molar-refractivity contribution in [2.75, 3.05) is 0 Å². The van der Waals surface area contributed by atoms with Crippen molar-refractivity contribution in [2.45, 2.75) is 24.2 Å². The Morgan fingerprint density at radius 1 is 0.457 bits per heavy atom. The standard InChI is InChI=1S/C36H16F6N2S2/c37-35(38,39)23-13-25-26(14-24(23)36(40,41)42)44-34-32-21-11-29-17(15-5-1-3-7-27(15)45-29)9-19(21)31(33(34)43-25)20-10-18-16-6-2-4-8-28(16)46-30(18)12-22(20)32/h1-14,31-32H. The van der Waals surface area contributed by atoms with Crippen LogP contribution in [0.2, 0.25) is 0 Å². The highest BCUT2D eigenvalue weighted by molar-refractivity contribution is 7.26. The summed E-state index contributed by atoms with van der Waals surface area (Å²) in [7, 11) is 0. The van der Waals surface area contributed by atoms with Crippen molar-refractivity contribution in [1.29, 1.82) is 0 Å². The Bertz CT molecular complexity index is 2530. The van der Waals surface area contributed by atoms with E-state index in [1.54, 1.807) is 22.7 Å². The van der Waals surface area contributed by atoms with E-state index in [2.05, 4.69) is 48.5 Å². The second kappa shape index (κ2) is 8.63. The molecule has 2 bridgehead atoms. The highest BCUT2D eigenvalue weighted by Gasteiger charge is 2.46. The van der Waals surface area contributed by atoms with Crippen molar-refractivity contribution in [3.05, 3.63) is 130 Å². The molecule has 10 heteroatoms. The van der Waals surface area contributed by atoms with Gasteiger partial charge in [0.1, 0.15) is 0 Å². The van der Waals surface area contributed by atoms with Gasteiger partial charge in [-0.1, -0.05) is 36.4 Å². The molecule has 3 aliphatic carbocycles. The normalized spacial score (nSPS) is 17.3. The van der Waals surface area contributed by atoms with Crippen LogP contribution in [0.1, 0.15) is 56.6 Å². The number of hydrogen-bond donors (Lipinski definition) is 0. The van der Waals surface area contributed by atoms with Crippen LogP contribution in [0, 0.1) is 0 Å². The predicted octanol–water partition coefficient (Wildman–Crippen LogP) is 11.4. The van der Waals surface area contributed by atoms with Gasteiger partial charge in [-0.05, 0) is 70.8 Å². The lowest BCUT2D eigenvalue weighted by atomic mass is 9.63. The minimum Gasteiger partial charge on any atom is -0.248 e. The molecule has 0 amide bonds. The number of alkyl halides is 6. The molecule has 3 heterocycles. The largest absolute Gasteiger partial charge is 0.417 e. The van der Waals surface area contributed by atoms with E-state index in [-0.39, 0.29) is 11.0 Å². The molecule has 0 radical (unpaired) electrons. The van der Waals surface area contributed by atoms with Crippen molar-refractivity contribution in [1.82, 2.24) is 9.97 Å². The van der Waals surface area contributed by atoms with Gasteiger partial charge in [-0.15, -0.1) is 22.7 Å². The van der Waals surface area contributed by atoms with Crippen molar-refractivity contribution < 1.29 is 26.3 Å². The molecule has 2 nitrogen and oxygen atoms in total. The molecule has 8 aromatic rings. The fraction of sp³-hybridized carbons (Fsp3) is 0.111. The number of aromatic nitrogens is 2. The molecule has 3 aliphatic rings. The Kier molecular flexibility index (Phi) is 5.00. The molecule has 0 aliphatic heterocycles. The molecular formula is C36H16F6N2S2. The fourth-order valence-electron chi connectivity index (χ4n) is 7.56. The Labute approximate surface area is 263 Å². The van der Waals surface area contributed by atoms with Gasteiger partial charge in [-0.3, -0.25) is 0 Å². The van der Waals surface area contributed by atoms with Gasteiger partial charge in [-0.2, -0.15) is 26.3 Å². The van der Waals surface area contributed by atoms with E-state index < -0.39 is 35.3 Å². The van der Waals surface area contributed by atoms with Crippen molar-refractivity contribution in [2.24, 2.45) is 0 Å². The van der Waals surface area contributed by atoms with Gasteiger partial charge in [0.05, 0.1) is 45.4 Å². The number of hydrogen-bond acceptors (Lipinski definition) is 4. The van der Waals surface area contributed by atoms with Crippen molar-refractivity contribution in [3.63, 3.8) is 0 Å². The van der Waals surface area contributed by atoms with E-state index in [4.69, 9.17) is 9.97 Å². The molecular weight excluding hydrogens is 639 g/mol. The van der Waals surface area contributed by atoms with E-state index in [0.29, 0.717) is 23.5 Å². The third kappa shape index (κ3) is 3.48. The highest BCUT2D eigenvalue weighted by Crippen LogP contribution is 2.58. The fourth-order valence-corrected chi connectivity index (χ4v) is 9.83. The lowest BCUT2D eigenvalue weighted by molar-refractivity contribution is -0.161. The minimum absolute atomic E-state index is 0.208. The average molecular weight is 655 g/mol. The Morgan fingerprint density at radius 3 is 1.26 bits per heavy atom. The number of rotatable bonds is 0. The van der Waals surface area contributed by atoms with Crippen LogP contribution in [0.4, 0.5) is 26.3 Å². The molecule has 46 heavy (non-hydrogen) atoms. The Morgan fingerprint density at radius 2 is 0.848 bits per heavy atom. The smallest absolute Gasteiger partial charge is 0.248 e.